The van der Waals surface area contributed by atoms with E-state index in [-0.39, 0.29) is 5.60 Å². The molecule has 0 saturated heterocycles. The van der Waals surface area contributed by atoms with E-state index in [1.54, 1.807) is 0 Å². The van der Waals surface area contributed by atoms with Gasteiger partial charge in [0.2, 0.25) is 0 Å². The van der Waals surface area contributed by atoms with Gasteiger partial charge in [0, 0.05) is 11.9 Å². The Labute approximate surface area is 122 Å². The molecular formula is C16H31BrO. The van der Waals surface area contributed by atoms with Crippen LogP contribution in [-0.4, -0.2) is 17.5 Å². The van der Waals surface area contributed by atoms with E-state index in [2.05, 4.69) is 29.8 Å². The third-order valence-electron chi connectivity index (χ3n) is 4.34. The molecule has 1 aliphatic rings. The number of hydrogen-bond acceptors (Lipinski definition) is 1. The minimum atomic E-state index is 0.163. The van der Waals surface area contributed by atoms with Gasteiger partial charge in [0.1, 0.15) is 0 Å². The lowest BCUT2D eigenvalue weighted by molar-refractivity contribution is -0.0599. The minimum absolute atomic E-state index is 0.163. The van der Waals surface area contributed by atoms with Gasteiger partial charge >= 0.3 is 0 Å². The number of rotatable bonds is 9. The van der Waals surface area contributed by atoms with Gasteiger partial charge in [-0.05, 0) is 38.0 Å². The fourth-order valence-corrected chi connectivity index (χ4v) is 3.50. The van der Waals surface area contributed by atoms with Crippen molar-refractivity contribution in [1.29, 1.82) is 0 Å². The molecule has 0 bridgehead atoms. The van der Waals surface area contributed by atoms with Gasteiger partial charge in [-0.2, -0.15) is 0 Å². The van der Waals surface area contributed by atoms with Gasteiger partial charge in [-0.15, -0.1) is 0 Å². The summed E-state index contributed by atoms with van der Waals surface area (Å²) in [5.41, 5.74) is 0.163. The van der Waals surface area contributed by atoms with Crippen LogP contribution in [0.4, 0.5) is 0 Å². The van der Waals surface area contributed by atoms with Crippen LogP contribution in [0.15, 0.2) is 0 Å². The summed E-state index contributed by atoms with van der Waals surface area (Å²) < 4.78 is 6.23. The van der Waals surface area contributed by atoms with Gasteiger partial charge in [0.25, 0.3) is 0 Å². The standard InChI is InChI=1S/C16H31BrO/c1-3-4-5-6-7-8-13-18-16(14-17)11-9-15(2)10-12-16/h15H,3-14H2,1-2H3. The van der Waals surface area contributed by atoms with E-state index in [0.29, 0.717) is 0 Å². The normalized spacial score (nSPS) is 28.5. The van der Waals surface area contributed by atoms with Crippen molar-refractivity contribution in [1.82, 2.24) is 0 Å². The molecular weight excluding hydrogens is 288 g/mol. The zero-order valence-electron chi connectivity index (χ0n) is 12.3. The smallest absolute Gasteiger partial charge is 0.0779 e. The Bertz CT molecular complexity index is 197. The quantitative estimate of drug-likeness (QED) is 0.391. The van der Waals surface area contributed by atoms with Crippen molar-refractivity contribution in [2.45, 2.75) is 83.7 Å². The molecule has 2 heteroatoms. The first-order valence-electron chi connectivity index (χ1n) is 7.92. The Balaban J connectivity index is 2.08. The zero-order valence-corrected chi connectivity index (χ0v) is 13.9. The Morgan fingerprint density at radius 1 is 1.06 bits per heavy atom. The second kappa shape index (κ2) is 9.36. The van der Waals surface area contributed by atoms with Crippen molar-refractivity contribution in [3.8, 4) is 0 Å². The molecule has 0 unspecified atom stereocenters. The van der Waals surface area contributed by atoms with Crippen molar-refractivity contribution >= 4 is 15.9 Å². The third-order valence-corrected chi connectivity index (χ3v) is 5.36. The average molecular weight is 319 g/mol. The minimum Gasteiger partial charge on any atom is -0.374 e. The third kappa shape index (κ3) is 6.06. The SMILES string of the molecule is CCCCCCCCOC1(CBr)CCC(C)CC1. The van der Waals surface area contributed by atoms with E-state index in [0.717, 1.165) is 17.9 Å². The Morgan fingerprint density at radius 3 is 2.28 bits per heavy atom. The molecule has 0 N–H and O–H groups in total. The number of ether oxygens (including phenoxy) is 1. The van der Waals surface area contributed by atoms with E-state index in [1.807, 2.05) is 0 Å². The highest BCUT2D eigenvalue weighted by Crippen LogP contribution is 2.36. The van der Waals surface area contributed by atoms with Crippen molar-refractivity contribution in [2.24, 2.45) is 5.92 Å². The average Bonchev–Trinajstić information content (AvgIpc) is 2.40. The van der Waals surface area contributed by atoms with Crippen LogP contribution in [0.1, 0.15) is 78.1 Å². The largest absolute Gasteiger partial charge is 0.374 e. The van der Waals surface area contributed by atoms with Gasteiger partial charge in [-0.25, -0.2) is 0 Å². The summed E-state index contributed by atoms with van der Waals surface area (Å²) in [6.45, 7) is 5.60. The molecule has 1 aliphatic carbocycles. The molecule has 0 aromatic rings. The summed E-state index contributed by atoms with van der Waals surface area (Å²) in [4.78, 5) is 0. The number of unbranched alkanes of at least 4 members (excludes halogenated alkanes) is 5. The van der Waals surface area contributed by atoms with Gasteiger partial charge in [0.15, 0.2) is 0 Å². The maximum absolute atomic E-state index is 6.23. The number of halogens is 1. The molecule has 1 nitrogen and oxygen atoms in total. The highest BCUT2D eigenvalue weighted by Gasteiger charge is 2.33. The first-order valence-corrected chi connectivity index (χ1v) is 9.04. The van der Waals surface area contributed by atoms with Crippen LogP contribution in [0.3, 0.4) is 0 Å². The fourth-order valence-electron chi connectivity index (χ4n) is 2.78. The maximum atomic E-state index is 6.23. The molecule has 0 aromatic heterocycles. The summed E-state index contributed by atoms with van der Waals surface area (Å²) in [6.07, 6.45) is 13.3. The lowest BCUT2D eigenvalue weighted by atomic mass is 9.80. The highest BCUT2D eigenvalue weighted by molar-refractivity contribution is 9.09. The Kier molecular flexibility index (Phi) is 8.58. The monoisotopic (exact) mass is 318 g/mol. The van der Waals surface area contributed by atoms with E-state index in [1.165, 1.54) is 64.2 Å². The summed E-state index contributed by atoms with van der Waals surface area (Å²) in [7, 11) is 0. The molecule has 0 amide bonds. The first-order chi connectivity index (χ1) is 8.72. The van der Waals surface area contributed by atoms with E-state index >= 15 is 0 Å². The van der Waals surface area contributed by atoms with E-state index in [9.17, 15) is 0 Å². The lowest BCUT2D eigenvalue weighted by Gasteiger charge is -2.38. The van der Waals surface area contributed by atoms with Crippen LogP contribution in [0.2, 0.25) is 0 Å². The Morgan fingerprint density at radius 2 is 1.67 bits per heavy atom. The summed E-state index contributed by atoms with van der Waals surface area (Å²) in [6, 6.07) is 0. The molecule has 18 heavy (non-hydrogen) atoms. The lowest BCUT2D eigenvalue weighted by Crippen LogP contribution is -2.38. The predicted octanol–water partition coefficient (Wildman–Crippen LogP) is 5.71. The fraction of sp³-hybridized carbons (Fsp3) is 1.00. The van der Waals surface area contributed by atoms with E-state index < -0.39 is 0 Å². The van der Waals surface area contributed by atoms with Crippen molar-refractivity contribution in [3.05, 3.63) is 0 Å². The maximum Gasteiger partial charge on any atom is 0.0779 e. The Hall–Kier alpha value is 0.440. The van der Waals surface area contributed by atoms with Crippen LogP contribution in [-0.2, 0) is 4.74 Å². The van der Waals surface area contributed by atoms with Gasteiger partial charge in [-0.1, -0.05) is 61.9 Å². The molecule has 0 aromatic carbocycles. The zero-order chi connectivity index (χ0) is 13.3. The molecule has 0 aliphatic heterocycles. The summed E-state index contributed by atoms with van der Waals surface area (Å²) >= 11 is 3.67. The number of alkyl halides is 1. The topological polar surface area (TPSA) is 9.23 Å². The first kappa shape index (κ1) is 16.5. The van der Waals surface area contributed by atoms with Crippen LogP contribution >= 0.6 is 15.9 Å². The molecule has 0 spiro atoms. The second-order valence-electron chi connectivity index (χ2n) is 6.12. The van der Waals surface area contributed by atoms with Crippen LogP contribution in [0.5, 0.6) is 0 Å². The summed E-state index contributed by atoms with van der Waals surface area (Å²) in [5.74, 6) is 0.898. The van der Waals surface area contributed by atoms with Gasteiger partial charge < -0.3 is 4.74 Å². The van der Waals surface area contributed by atoms with Gasteiger partial charge in [-0.3, -0.25) is 0 Å². The van der Waals surface area contributed by atoms with Crippen LogP contribution in [0.25, 0.3) is 0 Å². The number of hydrogen-bond donors (Lipinski definition) is 0. The van der Waals surface area contributed by atoms with Crippen LogP contribution in [0, 0.1) is 5.92 Å². The molecule has 1 fully saturated rings. The van der Waals surface area contributed by atoms with E-state index in [4.69, 9.17) is 4.74 Å². The second-order valence-corrected chi connectivity index (χ2v) is 6.68. The molecule has 1 rings (SSSR count). The molecule has 108 valence electrons. The van der Waals surface area contributed by atoms with Crippen molar-refractivity contribution < 1.29 is 4.74 Å². The molecule has 0 heterocycles. The van der Waals surface area contributed by atoms with Crippen LogP contribution < -0.4 is 0 Å². The molecule has 0 radical (unpaired) electrons. The summed E-state index contributed by atoms with van der Waals surface area (Å²) in [5, 5.41) is 1.02. The van der Waals surface area contributed by atoms with Crippen molar-refractivity contribution in [2.75, 3.05) is 11.9 Å². The van der Waals surface area contributed by atoms with Crippen molar-refractivity contribution in [3.63, 3.8) is 0 Å². The molecule has 1 saturated carbocycles. The highest BCUT2D eigenvalue weighted by atomic mass is 79.9. The van der Waals surface area contributed by atoms with Gasteiger partial charge in [0.05, 0.1) is 5.60 Å². The predicted molar refractivity (Wildman–Crippen MR) is 83.5 cm³/mol. The molecule has 0 atom stereocenters.